The van der Waals surface area contributed by atoms with Crippen molar-refractivity contribution >= 4 is 0 Å². The summed E-state index contributed by atoms with van der Waals surface area (Å²) < 4.78 is 10.7. The normalized spacial score (nSPS) is 13.4. The molecule has 0 heterocycles. The first-order chi connectivity index (χ1) is 7.56. The van der Waals surface area contributed by atoms with Crippen LogP contribution in [0.3, 0.4) is 0 Å². The molecule has 0 saturated carbocycles. The van der Waals surface area contributed by atoms with Gasteiger partial charge in [0.1, 0.15) is 0 Å². The molecule has 0 aliphatic heterocycles. The first-order valence-corrected chi connectivity index (χ1v) is 5.14. The van der Waals surface area contributed by atoms with E-state index in [0.29, 0.717) is 0 Å². The van der Waals surface area contributed by atoms with Crippen molar-refractivity contribution in [2.24, 2.45) is 0 Å². The maximum atomic E-state index is 5.34. The van der Waals surface area contributed by atoms with E-state index in [1.165, 1.54) is 0 Å². The molecule has 0 aromatic carbocycles. The largest absolute Gasteiger partial charge is 0.459 e. The molecule has 0 fully saturated rings. The smallest absolute Gasteiger partial charge is 0.259 e. The van der Waals surface area contributed by atoms with Gasteiger partial charge in [-0.05, 0) is 39.0 Å². The lowest BCUT2D eigenvalue weighted by atomic mass is 10.3. The number of allylic oxidation sites excluding steroid dienone is 5. The lowest BCUT2D eigenvalue weighted by Gasteiger charge is -2.11. The van der Waals surface area contributed by atoms with Crippen LogP contribution >= 0.6 is 0 Å². The summed E-state index contributed by atoms with van der Waals surface area (Å²) in [6.45, 7) is 13.2. The highest BCUT2D eigenvalue weighted by atomic mass is 16.7. The van der Waals surface area contributed by atoms with Crippen molar-refractivity contribution in [2.45, 2.75) is 27.1 Å². The second-order valence-electron chi connectivity index (χ2n) is 3.46. The topological polar surface area (TPSA) is 18.5 Å². The molecular weight excluding hydrogens is 200 g/mol. The molecule has 2 heteroatoms. The van der Waals surface area contributed by atoms with E-state index >= 15 is 0 Å². The van der Waals surface area contributed by atoms with Crippen LogP contribution in [0.1, 0.15) is 20.8 Å². The molecule has 0 N–H and O–H groups in total. The third-order valence-electron chi connectivity index (χ3n) is 1.48. The van der Waals surface area contributed by atoms with Gasteiger partial charge in [-0.2, -0.15) is 0 Å². The average Bonchev–Trinajstić information content (AvgIpc) is 2.16. The van der Waals surface area contributed by atoms with E-state index in [2.05, 4.69) is 13.2 Å². The van der Waals surface area contributed by atoms with E-state index < -0.39 is 6.29 Å². The zero-order chi connectivity index (χ0) is 12.4. The van der Waals surface area contributed by atoms with Crippen LogP contribution in [-0.4, -0.2) is 6.29 Å². The Bertz CT molecular complexity index is 283. The molecule has 0 aliphatic rings. The van der Waals surface area contributed by atoms with Gasteiger partial charge in [-0.25, -0.2) is 0 Å². The van der Waals surface area contributed by atoms with Crippen LogP contribution in [0.5, 0.6) is 0 Å². The van der Waals surface area contributed by atoms with E-state index in [0.717, 1.165) is 11.1 Å². The molecule has 0 aromatic rings. The summed E-state index contributed by atoms with van der Waals surface area (Å²) in [7, 11) is 0. The quantitative estimate of drug-likeness (QED) is 0.278. The lowest BCUT2D eigenvalue weighted by molar-refractivity contribution is -0.0231. The Morgan fingerprint density at radius 1 is 1.00 bits per heavy atom. The zero-order valence-corrected chi connectivity index (χ0v) is 10.3. The summed E-state index contributed by atoms with van der Waals surface area (Å²) in [6.07, 6.45) is 9.96. The molecule has 0 spiro atoms. The van der Waals surface area contributed by atoms with E-state index in [-0.39, 0.29) is 0 Å². The van der Waals surface area contributed by atoms with Gasteiger partial charge in [0.05, 0.1) is 12.5 Å². The Morgan fingerprint density at radius 2 is 1.44 bits per heavy atom. The third-order valence-corrected chi connectivity index (χ3v) is 1.48. The van der Waals surface area contributed by atoms with Crippen LogP contribution in [0.4, 0.5) is 0 Å². The third kappa shape index (κ3) is 8.88. The Labute approximate surface area is 98.3 Å². The molecule has 88 valence electrons. The Morgan fingerprint density at radius 3 is 1.75 bits per heavy atom. The number of ether oxygens (including phenoxy) is 2. The SMILES string of the molecule is C=C(C)C=COC(C=CC)OC=CC(=C)C. The number of hydrogen-bond acceptors (Lipinski definition) is 2. The fourth-order valence-electron chi connectivity index (χ4n) is 0.746. The Kier molecular flexibility index (Phi) is 7.68. The minimum atomic E-state index is -0.420. The Balaban J connectivity index is 4.17. The first-order valence-electron chi connectivity index (χ1n) is 5.14. The molecular formula is C14H20O2. The molecule has 0 radical (unpaired) electrons. The molecule has 16 heavy (non-hydrogen) atoms. The van der Waals surface area contributed by atoms with Crippen molar-refractivity contribution in [3.63, 3.8) is 0 Å². The van der Waals surface area contributed by atoms with Crippen LogP contribution in [0, 0.1) is 0 Å². The summed E-state index contributed by atoms with van der Waals surface area (Å²) >= 11 is 0. The van der Waals surface area contributed by atoms with Gasteiger partial charge in [0, 0.05) is 0 Å². The predicted molar refractivity (Wildman–Crippen MR) is 68.7 cm³/mol. The molecule has 2 nitrogen and oxygen atoms in total. The van der Waals surface area contributed by atoms with Gasteiger partial charge < -0.3 is 9.47 Å². The predicted octanol–water partition coefficient (Wildman–Crippen LogP) is 4.10. The van der Waals surface area contributed by atoms with Crippen LogP contribution in [0.15, 0.2) is 61.1 Å². The van der Waals surface area contributed by atoms with Crippen LogP contribution in [0.2, 0.25) is 0 Å². The van der Waals surface area contributed by atoms with Gasteiger partial charge in [0.15, 0.2) is 0 Å². The van der Waals surface area contributed by atoms with Crippen molar-refractivity contribution in [3.8, 4) is 0 Å². The summed E-state index contributed by atoms with van der Waals surface area (Å²) in [5, 5.41) is 0. The van der Waals surface area contributed by atoms with Gasteiger partial charge >= 0.3 is 0 Å². The van der Waals surface area contributed by atoms with Crippen LogP contribution in [-0.2, 0) is 9.47 Å². The molecule has 0 saturated heterocycles. The molecule has 0 unspecified atom stereocenters. The maximum Gasteiger partial charge on any atom is 0.259 e. The molecule has 0 aliphatic carbocycles. The highest BCUT2D eigenvalue weighted by Crippen LogP contribution is 2.02. The van der Waals surface area contributed by atoms with E-state index in [1.54, 1.807) is 24.7 Å². The molecule has 0 atom stereocenters. The minimum absolute atomic E-state index is 0.420. The summed E-state index contributed by atoms with van der Waals surface area (Å²) in [5.74, 6) is 0. The van der Waals surface area contributed by atoms with Crippen molar-refractivity contribution in [2.75, 3.05) is 0 Å². The highest BCUT2D eigenvalue weighted by molar-refractivity contribution is 5.09. The zero-order valence-electron chi connectivity index (χ0n) is 10.3. The van der Waals surface area contributed by atoms with Gasteiger partial charge in [0.25, 0.3) is 6.29 Å². The fourth-order valence-corrected chi connectivity index (χ4v) is 0.746. The van der Waals surface area contributed by atoms with E-state index in [9.17, 15) is 0 Å². The highest BCUT2D eigenvalue weighted by Gasteiger charge is 1.99. The van der Waals surface area contributed by atoms with Gasteiger partial charge in [-0.1, -0.05) is 30.4 Å². The fraction of sp³-hybridized carbons (Fsp3) is 0.286. The van der Waals surface area contributed by atoms with Gasteiger partial charge in [-0.15, -0.1) is 0 Å². The van der Waals surface area contributed by atoms with E-state index in [4.69, 9.17) is 9.47 Å². The molecule has 0 bridgehead atoms. The standard InChI is InChI=1S/C14H20O2/c1-6-7-14(15-10-8-12(2)3)16-11-9-13(4)5/h6-11,14H,2,4H2,1,3,5H3. The molecule has 0 amide bonds. The average molecular weight is 220 g/mol. The van der Waals surface area contributed by atoms with Gasteiger partial charge in [0.2, 0.25) is 0 Å². The minimum Gasteiger partial charge on any atom is -0.459 e. The van der Waals surface area contributed by atoms with Crippen LogP contribution < -0.4 is 0 Å². The monoisotopic (exact) mass is 220 g/mol. The summed E-state index contributed by atoms with van der Waals surface area (Å²) in [4.78, 5) is 0. The number of rotatable bonds is 7. The molecule has 0 rings (SSSR count). The Hall–Kier alpha value is -1.70. The van der Waals surface area contributed by atoms with Crippen LogP contribution in [0.25, 0.3) is 0 Å². The second-order valence-corrected chi connectivity index (χ2v) is 3.46. The second kappa shape index (κ2) is 8.60. The van der Waals surface area contributed by atoms with Crippen molar-refractivity contribution in [1.29, 1.82) is 0 Å². The van der Waals surface area contributed by atoms with Crippen molar-refractivity contribution in [3.05, 3.63) is 61.1 Å². The summed E-state index contributed by atoms with van der Waals surface area (Å²) in [6, 6.07) is 0. The van der Waals surface area contributed by atoms with Crippen molar-refractivity contribution in [1.82, 2.24) is 0 Å². The maximum absolute atomic E-state index is 5.34. The molecule has 0 aromatic heterocycles. The number of hydrogen-bond donors (Lipinski definition) is 0. The van der Waals surface area contributed by atoms with Crippen molar-refractivity contribution < 1.29 is 9.47 Å². The summed E-state index contributed by atoms with van der Waals surface area (Å²) in [5.41, 5.74) is 1.86. The first kappa shape index (κ1) is 14.3. The van der Waals surface area contributed by atoms with Gasteiger partial charge in [-0.3, -0.25) is 0 Å². The van der Waals surface area contributed by atoms with E-state index in [1.807, 2.05) is 32.9 Å². The lowest BCUT2D eigenvalue weighted by Crippen LogP contribution is -2.07.